The van der Waals surface area contributed by atoms with Crippen molar-refractivity contribution in [2.75, 3.05) is 0 Å². The molecule has 14 heavy (non-hydrogen) atoms. The molecule has 0 spiro atoms. The molecule has 0 aromatic heterocycles. The molecule has 2 atom stereocenters. The molecule has 0 saturated carbocycles. The van der Waals surface area contributed by atoms with Gasteiger partial charge in [-0.05, 0) is 25.7 Å². The van der Waals surface area contributed by atoms with Gasteiger partial charge < -0.3 is 10.2 Å². The summed E-state index contributed by atoms with van der Waals surface area (Å²) in [5.41, 5.74) is 0. The third-order valence-corrected chi connectivity index (χ3v) is 1.97. The van der Waals surface area contributed by atoms with Crippen molar-refractivity contribution in [2.45, 2.75) is 37.9 Å². The number of allylic oxidation sites excluding steroid dienone is 2. The summed E-state index contributed by atoms with van der Waals surface area (Å²) in [5, 5.41) is 18.3. The van der Waals surface area contributed by atoms with Crippen LogP contribution in [0.25, 0.3) is 0 Å². The predicted octanol–water partition coefficient (Wildman–Crippen LogP) is 2.20. The second kappa shape index (κ2) is 8.73. The third-order valence-electron chi connectivity index (χ3n) is 1.97. The second-order valence-corrected chi connectivity index (χ2v) is 3.23. The molecule has 0 aliphatic rings. The van der Waals surface area contributed by atoms with E-state index in [4.69, 9.17) is 10.2 Å². The zero-order valence-electron chi connectivity index (χ0n) is 8.60. The van der Waals surface area contributed by atoms with Crippen LogP contribution < -0.4 is 0 Å². The maximum atomic E-state index is 9.14. The SMILES string of the molecule is C=CC(O)CCC=CCCC(O)C=C. The van der Waals surface area contributed by atoms with Gasteiger partial charge in [-0.3, -0.25) is 0 Å². The Balaban J connectivity index is 3.36. The number of hydrogen-bond donors (Lipinski definition) is 2. The first-order chi connectivity index (χ1) is 6.70. The van der Waals surface area contributed by atoms with Crippen LogP contribution >= 0.6 is 0 Å². The summed E-state index contributed by atoms with van der Waals surface area (Å²) in [6, 6.07) is 0. The molecule has 0 amide bonds. The van der Waals surface area contributed by atoms with Crippen LogP contribution in [0.5, 0.6) is 0 Å². The van der Waals surface area contributed by atoms with Crippen LogP contribution in [-0.2, 0) is 0 Å². The molecule has 2 unspecified atom stereocenters. The molecule has 2 heteroatoms. The largest absolute Gasteiger partial charge is 0.389 e. The lowest BCUT2D eigenvalue weighted by Gasteiger charge is -2.01. The average Bonchev–Trinajstić information content (AvgIpc) is 2.22. The van der Waals surface area contributed by atoms with Crippen molar-refractivity contribution in [3.63, 3.8) is 0 Å². The van der Waals surface area contributed by atoms with Gasteiger partial charge in [-0.1, -0.05) is 24.3 Å². The van der Waals surface area contributed by atoms with Crippen LogP contribution in [0.1, 0.15) is 25.7 Å². The van der Waals surface area contributed by atoms with E-state index in [1.165, 1.54) is 12.2 Å². The zero-order valence-corrected chi connectivity index (χ0v) is 8.60. The number of aliphatic hydroxyl groups is 2. The van der Waals surface area contributed by atoms with Crippen molar-refractivity contribution in [3.8, 4) is 0 Å². The Morgan fingerprint density at radius 3 is 1.50 bits per heavy atom. The maximum absolute atomic E-state index is 9.14. The Labute approximate surface area is 86.3 Å². The van der Waals surface area contributed by atoms with E-state index in [1.54, 1.807) is 0 Å². The Morgan fingerprint density at radius 1 is 0.857 bits per heavy atom. The van der Waals surface area contributed by atoms with E-state index in [-0.39, 0.29) is 0 Å². The molecule has 0 saturated heterocycles. The Bertz CT molecular complexity index is 165. The van der Waals surface area contributed by atoms with Crippen LogP contribution in [0, 0.1) is 0 Å². The molecule has 0 heterocycles. The number of rotatable bonds is 8. The van der Waals surface area contributed by atoms with Crippen LogP contribution in [-0.4, -0.2) is 22.4 Å². The fourth-order valence-electron chi connectivity index (χ4n) is 1.01. The van der Waals surface area contributed by atoms with E-state index >= 15 is 0 Å². The molecule has 0 fully saturated rings. The lowest BCUT2D eigenvalue weighted by Crippen LogP contribution is -2.00. The Morgan fingerprint density at radius 2 is 1.21 bits per heavy atom. The minimum Gasteiger partial charge on any atom is -0.389 e. The Hall–Kier alpha value is -0.860. The van der Waals surface area contributed by atoms with Gasteiger partial charge >= 0.3 is 0 Å². The first-order valence-corrected chi connectivity index (χ1v) is 4.97. The van der Waals surface area contributed by atoms with Gasteiger partial charge in [0.25, 0.3) is 0 Å². The molecular weight excluding hydrogens is 176 g/mol. The van der Waals surface area contributed by atoms with E-state index in [0.29, 0.717) is 12.8 Å². The summed E-state index contributed by atoms with van der Waals surface area (Å²) in [6.07, 6.45) is 9.41. The van der Waals surface area contributed by atoms with Crippen molar-refractivity contribution < 1.29 is 10.2 Å². The van der Waals surface area contributed by atoms with Gasteiger partial charge in [0, 0.05) is 0 Å². The lowest BCUT2D eigenvalue weighted by molar-refractivity contribution is 0.212. The van der Waals surface area contributed by atoms with E-state index in [0.717, 1.165) is 12.8 Å². The number of aliphatic hydroxyl groups excluding tert-OH is 2. The molecule has 0 radical (unpaired) electrons. The highest BCUT2D eigenvalue weighted by atomic mass is 16.3. The third kappa shape index (κ3) is 7.77. The Kier molecular flexibility index (Phi) is 8.19. The molecule has 0 aromatic rings. The maximum Gasteiger partial charge on any atom is 0.0721 e. The fraction of sp³-hybridized carbons (Fsp3) is 0.500. The van der Waals surface area contributed by atoms with E-state index < -0.39 is 12.2 Å². The van der Waals surface area contributed by atoms with E-state index in [9.17, 15) is 0 Å². The molecule has 0 aliphatic heterocycles. The fourth-order valence-corrected chi connectivity index (χ4v) is 1.01. The summed E-state index contributed by atoms with van der Waals surface area (Å²) in [5.74, 6) is 0. The van der Waals surface area contributed by atoms with Crippen LogP contribution in [0.3, 0.4) is 0 Å². The highest BCUT2D eigenvalue weighted by Gasteiger charge is 1.95. The van der Waals surface area contributed by atoms with Gasteiger partial charge in [0.05, 0.1) is 12.2 Å². The first kappa shape index (κ1) is 13.1. The van der Waals surface area contributed by atoms with Gasteiger partial charge in [0.1, 0.15) is 0 Å². The summed E-state index contributed by atoms with van der Waals surface area (Å²) in [7, 11) is 0. The highest BCUT2D eigenvalue weighted by Crippen LogP contribution is 2.02. The average molecular weight is 196 g/mol. The molecular formula is C12H20O2. The van der Waals surface area contributed by atoms with Crippen LogP contribution in [0.15, 0.2) is 37.5 Å². The van der Waals surface area contributed by atoms with Crippen molar-refractivity contribution in [3.05, 3.63) is 37.5 Å². The predicted molar refractivity (Wildman–Crippen MR) is 60.0 cm³/mol. The number of hydrogen-bond acceptors (Lipinski definition) is 2. The van der Waals surface area contributed by atoms with Crippen molar-refractivity contribution in [1.82, 2.24) is 0 Å². The molecule has 0 aliphatic carbocycles. The summed E-state index contributed by atoms with van der Waals surface area (Å²) >= 11 is 0. The van der Waals surface area contributed by atoms with Crippen molar-refractivity contribution in [1.29, 1.82) is 0 Å². The monoisotopic (exact) mass is 196 g/mol. The second-order valence-electron chi connectivity index (χ2n) is 3.23. The molecule has 0 rings (SSSR count). The molecule has 0 bridgehead atoms. The van der Waals surface area contributed by atoms with Gasteiger partial charge in [-0.25, -0.2) is 0 Å². The standard InChI is InChI=1S/C12H20O2/c1-3-11(13)9-7-5-6-8-10-12(14)4-2/h3-6,11-14H,1-2,7-10H2. The molecule has 2 nitrogen and oxygen atoms in total. The lowest BCUT2D eigenvalue weighted by atomic mass is 10.1. The van der Waals surface area contributed by atoms with Crippen LogP contribution in [0.2, 0.25) is 0 Å². The van der Waals surface area contributed by atoms with Crippen LogP contribution in [0.4, 0.5) is 0 Å². The smallest absolute Gasteiger partial charge is 0.0721 e. The van der Waals surface area contributed by atoms with Gasteiger partial charge in [-0.2, -0.15) is 0 Å². The summed E-state index contributed by atoms with van der Waals surface area (Å²) in [4.78, 5) is 0. The van der Waals surface area contributed by atoms with E-state index in [1.807, 2.05) is 12.2 Å². The minimum atomic E-state index is -0.404. The van der Waals surface area contributed by atoms with Gasteiger partial charge in [0.2, 0.25) is 0 Å². The molecule has 0 aromatic carbocycles. The quantitative estimate of drug-likeness (QED) is 0.584. The molecule has 80 valence electrons. The zero-order chi connectivity index (χ0) is 10.8. The topological polar surface area (TPSA) is 40.5 Å². The summed E-state index contributed by atoms with van der Waals surface area (Å²) < 4.78 is 0. The first-order valence-electron chi connectivity index (χ1n) is 4.97. The minimum absolute atomic E-state index is 0.404. The van der Waals surface area contributed by atoms with E-state index in [2.05, 4.69) is 13.2 Å². The van der Waals surface area contributed by atoms with Gasteiger partial charge in [-0.15, -0.1) is 13.2 Å². The van der Waals surface area contributed by atoms with Crippen molar-refractivity contribution >= 4 is 0 Å². The highest BCUT2D eigenvalue weighted by molar-refractivity contribution is 4.88. The normalized spacial score (nSPS) is 15.3. The van der Waals surface area contributed by atoms with Gasteiger partial charge in [0.15, 0.2) is 0 Å². The van der Waals surface area contributed by atoms with Crippen molar-refractivity contribution in [2.24, 2.45) is 0 Å². The molecule has 2 N–H and O–H groups in total. The summed E-state index contributed by atoms with van der Waals surface area (Å²) in [6.45, 7) is 6.98.